The molecule has 0 fully saturated rings. The Hall–Kier alpha value is -1.68. The number of thiazole rings is 1. The third kappa shape index (κ3) is 1.97. The van der Waals surface area contributed by atoms with Crippen LogP contribution in [0.4, 0.5) is 5.82 Å². The van der Waals surface area contributed by atoms with Crippen LogP contribution < -0.4 is 5.73 Å². The molecule has 0 saturated carbocycles. The Morgan fingerprint density at radius 1 is 1.38 bits per heavy atom. The lowest BCUT2D eigenvalue weighted by Gasteiger charge is -1.92. The highest BCUT2D eigenvalue weighted by Crippen LogP contribution is 2.30. The first-order valence-electron chi connectivity index (χ1n) is 5.07. The molecule has 1 aromatic carbocycles. The maximum Gasteiger partial charge on any atom is 0.176 e. The van der Waals surface area contributed by atoms with Crippen molar-refractivity contribution in [3.63, 3.8) is 0 Å². The molecule has 16 heavy (non-hydrogen) atoms. The lowest BCUT2D eigenvalue weighted by molar-refractivity contribution is 0.0992. The van der Waals surface area contributed by atoms with Crippen LogP contribution in [0.2, 0.25) is 0 Å². The Bertz CT molecular complexity index is 505. The Morgan fingerprint density at radius 2 is 2.06 bits per heavy atom. The second-order valence-electron chi connectivity index (χ2n) is 3.38. The highest BCUT2D eigenvalue weighted by atomic mass is 32.1. The van der Waals surface area contributed by atoms with Crippen LogP contribution in [0.25, 0.3) is 10.6 Å². The molecule has 0 aliphatic rings. The third-order valence-electron chi connectivity index (χ3n) is 2.25. The molecular formula is C12H12N2OS. The number of nitrogen functional groups attached to an aromatic ring is 1. The van der Waals surface area contributed by atoms with Gasteiger partial charge in [-0.15, -0.1) is 11.3 Å². The van der Waals surface area contributed by atoms with Gasteiger partial charge < -0.3 is 5.73 Å². The average Bonchev–Trinajstić information content (AvgIpc) is 2.71. The van der Waals surface area contributed by atoms with Gasteiger partial charge in [0.25, 0.3) is 0 Å². The zero-order valence-corrected chi connectivity index (χ0v) is 9.75. The molecule has 0 unspecified atom stereocenters. The van der Waals surface area contributed by atoms with Crippen molar-refractivity contribution >= 4 is 22.9 Å². The zero-order valence-electron chi connectivity index (χ0n) is 8.93. The number of Topliss-reactive ketones (excluding diaryl/α,β-unsaturated/α-hetero) is 1. The number of carbonyl (C=O) groups is 1. The number of nitrogens with two attached hydrogens (primary N) is 1. The fourth-order valence-electron chi connectivity index (χ4n) is 1.40. The smallest absolute Gasteiger partial charge is 0.176 e. The summed E-state index contributed by atoms with van der Waals surface area (Å²) < 4.78 is 0. The van der Waals surface area contributed by atoms with E-state index in [0.717, 1.165) is 10.6 Å². The van der Waals surface area contributed by atoms with Crippen LogP contribution in [0, 0.1) is 0 Å². The summed E-state index contributed by atoms with van der Waals surface area (Å²) in [4.78, 5) is 16.4. The highest BCUT2D eigenvalue weighted by molar-refractivity contribution is 7.17. The highest BCUT2D eigenvalue weighted by Gasteiger charge is 2.14. The van der Waals surface area contributed by atoms with Gasteiger partial charge in [-0.3, -0.25) is 4.79 Å². The van der Waals surface area contributed by atoms with Crippen LogP contribution >= 0.6 is 11.3 Å². The first-order chi connectivity index (χ1) is 7.72. The van der Waals surface area contributed by atoms with Gasteiger partial charge in [-0.2, -0.15) is 0 Å². The molecule has 0 spiro atoms. The molecule has 0 amide bonds. The third-order valence-corrected chi connectivity index (χ3v) is 3.41. The minimum Gasteiger partial charge on any atom is -0.382 e. The number of aromatic nitrogens is 1. The van der Waals surface area contributed by atoms with E-state index in [9.17, 15) is 4.79 Å². The molecule has 1 aromatic heterocycles. The van der Waals surface area contributed by atoms with Gasteiger partial charge in [0.2, 0.25) is 0 Å². The van der Waals surface area contributed by atoms with Crippen LogP contribution in [-0.4, -0.2) is 10.8 Å². The Labute approximate surface area is 97.9 Å². The van der Waals surface area contributed by atoms with E-state index in [4.69, 9.17) is 5.73 Å². The summed E-state index contributed by atoms with van der Waals surface area (Å²) in [7, 11) is 0. The van der Waals surface area contributed by atoms with Crippen LogP contribution in [0.1, 0.15) is 23.0 Å². The van der Waals surface area contributed by atoms with Crippen molar-refractivity contribution in [1.29, 1.82) is 0 Å². The molecule has 3 nitrogen and oxygen atoms in total. The predicted octanol–water partition coefficient (Wildman–Crippen LogP) is 2.99. The predicted molar refractivity (Wildman–Crippen MR) is 66.6 cm³/mol. The number of hydrogen-bond donors (Lipinski definition) is 1. The number of ketones is 1. The largest absolute Gasteiger partial charge is 0.382 e. The van der Waals surface area contributed by atoms with Gasteiger partial charge >= 0.3 is 0 Å². The van der Waals surface area contributed by atoms with Gasteiger partial charge in [-0.05, 0) is 0 Å². The second-order valence-corrected chi connectivity index (χ2v) is 4.38. The minimum absolute atomic E-state index is 0.0529. The molecule has 82 valence electrons. The standard InChI is InChI=1S/C12H12N2OS/c1-2-9(15)10-11(13)14-12(16-10)8-6-4-3-5-7-8/h3-7H,2,13H2,1H3. The van der Waals surface area contributed by atoms with E-state index in [2.05, 4.69) is 4.98 Å². The fourth-order valence-corrected chi connectivity index (χ4v) is 2.40. The van der Waals surface area contributed by atoms with E-state index in [1.54, 1.807) is 0 Å². The molecule has 0 radical (unpaired) electrons. The van der Waals surface area contributed by atoms with Crippen LogP contribution in [0.5, 0.6) is 0 Å². The van der Waals surface area contributed by atoms with Gasteiger partial charge in [0, 0.05) is 12.0 Å². The molecule has 2 rings (SSSR count). The van der Waals surface area contributed by atoms with Crippen molar-refractivity contribution in [3.05, 3.63) is 35.2 Å². The second kappa shape index (κ2) is 4.45. The summed E-state index contributed by atoms with van der Waals surface area (Å²) in [6.45, 7) is 1.82. The molecule has 0 atom stereocenters. The van der Waals surface area contributed by atoms with Gasteiger partial charge in [-0.1, -0.05) is 37.3 Å². The normalized spacial score (nSPS) is 10.3. The molecule has 0 aliphatic carbocycles. The first kappa shape index (κ1) is 10.8. The van der Waals surface area contributed by atoms with Crippen LogP contribution in [0.3, 0.4) is 0 Å². The Morgan fingerprint density at radius 3 is 2.69 bits per heavy atom. The summed E-state index contributed by atoms with van der Waals surface area (Å²) >= 11 is 1.36. The van der Waals surface area contributed by atoms with Gasteiger partial charge in [0.15, 0.2) is 5.78 Å². The quantitative estimate of drug-likeness (QED) is 0.828. The van der Waals surface area contributed by atoms with E-state index in [0.29, 0.717) is 17.1 Å². The van der Waals surface area contributed by atoms with Crippen LogP contribution in [-0.2, 0) is 0 Å². The number of nitrogens with zero attached hydrogens (tertiary/aromatic N) is 1. The molecule has 0 saturated heterocycles. The monoisotopic (exact) mass is 232 g/mol. The van der Waals surface area contributed by atoms with Crippen molar-refractivity contribution in [2.45, 2.75) is 13.3 Å². The fraction of sp³-hybridized carbons (Fsp3) is 0.167. The number of benzene rings is 1. The Kier molecular flexibility index (Phi) is 3.01. The van der Waals surface area contributed by atoms with Crippen molar-refractivity contribution in [1.82, 2.24) is 4.98 Å². The number of hydrogen-bond acceptors (Lipinski definition) is 4. The maximum atomic E-state index is 11.6. The summed E-state index contributed by atoms with van der Waals surface area (Å²) in [5, 5.41) is 0.801. The number of anilines is 1. The van der Waals surface area contributed by atoms with Crippen molar-refractivity contribution in [2.24, 2.45) is 0 Å². The summed E-state index contributed by atoms with van der Waals surface area (Å²) in [5.74, 6) is 0.396. The van der Waals surface area contributed by atoms with Crippen molar-refractivity contribution in [2.75, 3.05) is 5.73 Å². The number of rotatable bonds is 3. The maximum absolute atomic E-state index is 11.6. The summed E-state index contributed by atoms with van der Waals surface area (Å²) in [6, 6.07) is 9.73. The molecule has 1 heterocycles. The lowest BCUT2D eigenvalue weighted by Crippen LogP contribution is -1.98. The van der Waals surface area contributed by atoms with E-state index in [-0.39, 0.29) is 5.78 Å². The molecule has 4 heteroatoms. The molecule has 0 aliphatic heterocycles. The summed E-state index contributed by atoms with van der Waals surface area (Å²) in [5.41, 5.74) is 6.73. The van der Waals surface area contributed by atoms with Crippen molar-refractivity contribution < 1.29 is 4.79 Å². The van der Waals surface area contributed by atoms with Gasteiger partial charge in [0.1, 0.15) is 15.7 Å². The Balaban J connectivity index is 2.42. The van der Waals surface area contributed by atoms with Gasteiger partial charge in [0.05, 0.1) is 0 Å². The molecule has 2 N–H and O–H groups in total. The lowest BCUT2D eigenvalue weighted by atomic mass is 10.2. The molecule has 2 aromatic rings. The number of carbonyl (C=O) groups excluding carboxylic acids is 1. The minimum atomic E-state index is 0.0529. The SMILES string of the molecule is CCC(=O)c1sc(-c2ccccc2)nc1N. The summed E-state index contributed by atoms with van der Waals surface area (Å²) in [6.07, 6.45) is 0.459. The van der Waals surface area contributed by atoms with E-state index < -0.39 is 0 Å². The topological polar surface area (TPSA) is 56.0 Å². The van der Waals surface area contributed by atoms with Crippen LogP contribution in [0.15, 0.2) is 30.3 Å². The van der Waals surface area contributed by atoms with Gasteiger partial charge in [-0.25, -0.2) is 4.98 Å². The first-order valence-corrected chi connectivity index (χ1v) is 5.89. The zero-order chi connectivity index (χ0) is 11.5. The van der Waals surface area contributed by atoms with E-state index in [1.807, 2.05) is 37.3 Å². The molecular weight excluding hydrogens is 220 g/mol. The van der Waals surface area contributed by atoms with Crippen molar-refractivity contribution in [3.8, 4) is 10.6 Å². The van der Waals surface area contributed by atoms with E-state index in [1.165, 1.54) is 11.3 Å². The molecule has 0 bridgehead atoms. The average molecular weight is 232 g/mol. The van der Waals surface area contributed by atoms with E-state index >= 15 is 0 Å².